The van der Waals surface area contributed by atoms with E-state index in [9.17, 15) is 9.90 Å². The molecule has 0 saturated carbocycles. The fraction of sp³-hybridized carbons (Fsp3) is 0.172. The number of nitrogens with zero attached hydrogens (tertiary/aromatic N) is 1. The molecule has 4 heteroatoms. The summed E-state index contributed by atoms with van der Waals surface area (Å²) in [4.78, 5) is 17.4. The molecule has 3 aromatic carbocycles. The SMILES string of the molecule is CC(C)(O)c1ccccc1CC(=O)Cc1cccc(/C=C/c2ccc3ccc(Cl)cc3n2)c1. The zero-order valence-electron chi connectivity index (χ0n) is 18.8. The van der Waals surface area contributed by atoms with E-state index in [0.717, 1.165) is 38.9 Å². The standard InChI is InChI=1S/C29H26ClNO2/c1-29(2,33)27-9-4-3-8-23(27)18-26(32)17-21-7-5-6-20(16-21)10-14-25-15-12-22-11-13-24(30)19-28(22)31-25/h3-16,19,33H,17-18H2,1-2H3/b14-10+. The highest BCUT2D eigenvalue weighted by molar-refractivity contribution is 6.31. The van der Waals surface area contributed by atoms with Gasteiger partial charge in [-0.05, 0) is 60.4 Å². The molecule has 0 bridgehead atoms. The van der Waals surface area contributed by atoms with Crippen LogP contribution >= 0.6 is 11.6 Å². The molecule has 0 unspecified atom stereocenters. The predicted octanol–water partition coefficient (Wildman–Crippen LogP) is 6.64. The number of ketones is 1. The van der Waals surface area contributed by atoms with Crippen molar-refractivity contribution < 1.29 is 9.90 Å². The van der Waals surface area contributed by atoms with Crippen LogP contribution in [-0.4, -0.2) is 15.9 Å². The van der Waals surface area contributed by atoms with E-state index in [-0.39, 0.29) is 5.78 Å². The number of carbonyl (C=O) groups is 1. The van der Waals surface area contributed by atoms with E-state index in [1.807, 2.05) is 91.0 Å². The summed E-state index contributed by atoms with van der Waals surface area (Å²) in [5.41, 5.74) is 4.34. The second kappa shape index (κ2) is 9.70. The summed E-state index contributed by atoms with van der Waals surface area (Å²) in [6.07, 6.45) is 4.59. The summed E-state index contributed by atoms with van der Waals surface area (Å²) in [7, 11) is 0. The van der Waals surface area contributed by atoms with Gasteiger partial charge in [0.25, 0.3) is 0 Å². The number of pyridine rings is 1. The van der Waals surface area contributed by atoms with Crippen LogP contribution < -0.4 is 0 Å². The van der Waals surface area contributed by atoms with Crippen LogP contribution in [0.5, 0.6) is 0 Å². The van der Waals surface area contributed by atoms with E-state index < -0.39 is 5.60 Å². The normalized spacial score (nSPS) is 11.9. The van der Waals surface area contributed by atoms with Gasteiger partial charge in [-0.25, -0.2) is 4.98 Å². The molecule has 0 saturated heterocycles. The predicted molar refractivity (Wildman–Crippen MR) is 136 cm³/mol. The zero-order valence-corrected chi connectivity index (χ0v) is 19.5. The Kier molecular flexibility index (Phi) is 6.73. The molecule has 33 heavy (non-hydrogen) atoms. The first-order valence-electron chi connectivity index (χ1n) is 10.9. The van der Waals surface area contributed by atoms with Crippen LogP contribution in [0.15, 0.2) is 78.9 Å². The highest BCUT2D eigenvalue weighted by Crippen LogP contribution is 2.24. The lowest BCUT2D eigenvalue weighted by Gasteiger charge is -2.21. The highest BCUT2D eigenvalue weighted by atomic mass is 35.5. The van der Waals surface area contributed by atoms with Gasteiger partial charge in [-0.15, -0.1) is 0 Å². The summed E-state index contributed by atoms with van der Waals surface area (Å²) in [6, 6.07) is 25.2. The van der Waals surface area contributed by atoms with Gasteiger partial charge in [0.2, 0.25) is 0 Å². The van der Waals surface area contributed by atoms with Crippen molar-refractivity contribution in [1.29, 1.82) is 0 Å². The van der Waals surface area contributed by atoms with Crippen molar-refractivity contribution in [2.75, 3.05) is 0 Å². The molecule has 0 aliphatic heterocycles. The first-order chi connectivity index (χ1) is 15.8. The van der Waals surface area contributed by atoms with Crippen LogP contribution in [0.2, 0.25) is 5.02 Å². The van der Waals surface area contributed by atoms with Crippen molar-refractivity contribution >= 4 is 40.4 Å². The maximum absolute atomic E-state index is 12.8. The van der Waals surface area contributed by atoms with Crippen molar-refractivity contribution in [3.05, 3.63) is 112 Å². The van der Waals surface area contributed by atoms with E-state index in [0.29, 0.717) is 17.9 Å². The third kappa shape index (κ3) is 5.95. The van der Waals surface area contributed by atoms with Crippen molar-refractivity contribution in [2.24, 2.45) is 0 Å². The minimum Gasteiger partial charge on any atom is -0.386 e. The van der Waals surface area contributed by atoms with Crippen molar-refractivity contribution in [3.8, 4) is 0 Å². The lowest BCUT2D eigenvalue weighted by Crippen LogP contribution is -2.19. The molecule has 0 fully saturated rings. The molecule has 0 amide bonds. The number of Topliss-reactive ketones (excluding diaryl/α,β-unsaturated/α-hetero) is 1. The fourth-order valence-electron chi connectivity index (χ4n) is 3.96. The number of benzene rings is 3. The van der Waals surface area contributed by atoms with Gasteiger partial charge in [0, 0.05) is 23.3 Å². The molecule has 0 radical (unpaired) electrons. The van der Waals surface area contributed by atoms with E-state index in [4.69, 9.17) is 11.6 Å². The summed E-state index contributed by atoms with van der Waals surface area (Å²) in [5, 5.41) is 12.1. The topological polar surface area (TPSA) is 50.2 Å². The molecule has 4 aromatic rings. The van der Waals surface area contributed by atoms with Crippen molar-refractivity contribution in [2.45, 2.75) is 32.3 Å². The second-order valence-corrected chi connectivity index (χ2v) is 9.20. The Morgan fingerprint density at radius 1 is 0.939 bits per heavy atom. The molecule has 1 heterocycles. The number of fused-ring (bicyclic) bond motifs is 1. The number of carbonyl (C=O) groups excluding carboxylic acids is 1. The van der Waals surface area contributed by atoms with E-state index in [2.05, 4.69) is 4.98 Å². The molecular formula is C29H26ClNO2. The van der Waals surface area contributed by atoms with Crippen LogP contribution in [0.1, 0.15) is 41.8 Å². The quantitative estimate of drug-likeness (QED) is 0.340. The Labute approximate surface area is 199 Å². The maximum atomic E-state index is 12.8. The lowest BCUT2D eigenvalue weighted by atomic mass is 9.90. The summed E-state index contributed by atoms with van der Waals surface area (Å²) >= 11 is 6.09. The Morgan fingerprint density at radius 2 is 1.73 bits per heavy atom. The highest BCUT2D eigenvalue weighted by Gasteiger charge is 2.20. The minimum absolute atomic E-state index is 0.112. The summed E-state index contributed by atoms with van der Waals surface area (Å²) < 4.78 is 0. The fourth-order valence-corrected chi connectivity index (χ4v) is 4.13. The van der Waals surface area contributed by atoms with Gasteiger partial charge < -0.3 is 5.11 Å². The Hall–Kier alpha value is -3.27. The number of rotatable bonds is 7. The van der Waals surface area contributed by atoms with E-state index in [1.165, 1.54) is 0 Å². The number of hydrogen-bond acceptors (Lipinski definition) is 3. The molecule has 0 spiro atoms. The molecule has 0 atom stereocenters. The molecule has 3 nitrogen and oxygen atoms in total. The van der Waals surface area contributed by atoms with Crippen molar-refractivity contribution in [3.63, 3.8) is 0 Å². The number of aromatic nitrogens is 1. The van der Waals surface area contributed by atoms with Crippen LogP contribution in [0.4, 0.5) is 0 Å². The number of aliphatic hydroxyl groups is 1. The van der Waals surface area contributed by atoms with Gasteiger partial charge in [0.1, 0.15) is 5.78 Å². The third-order valence-electron chi connectivity index (χ3n) is 5.54. The van der Waals surface area contributed by atoms with Crippen LogP contribution in [0.3, 0.4) is 0 Å². The van der Waals surface area contributed by atoms with Crippen LogP contribution in [0, 0.1) is 0 Å². The first-order valence-corrected chi connectivity index (χ1v) is 11.3. The Bertz CT molecular complexity index is 1340. The monoisotopic (exact) mass is 455 g/mol. The number of hydrogen-bond donors (Lipinski definition) is 1. The third-order valence-corrected chi connectivity index (χ3v) is 5.77. The molecule has 1 aromatic heterocycles. The van der Waals surface area contributed by atoms with Gasteiger partial charge in [-0.3, -0.25) is 4.79 Å². The molecular weight excluding hydrogens is 430 g/mol. The zero-order chi connectivity index (χ0) is 23.4. The lowest BCUT2D eigenvalue weighted by molar-refractivity contribution is -0.117. The molecule has 0 aliphatic carbocycles. The van der Waals surface area contributed by atoms with Gasteiger partial charge >= 0.3 is 0 Å². The average molecular weight is 456 g/mol. The second-order valence-electron chi connectivity index (χ2n) is 8.76. The van der Waals surface area contributed by atoms with Gasteiger partial charge in [0.05, 0.1) is 16.8 Å². The molecule has 166 valence electrons. The van der Waals surface area contributed by atoms with Crippen molar-refractivity contribution in [1.82, 2.24) is 4.98 Å². The maximum Gasteiger partial charge on any atom is 0.141 e. The summed E-state index contributed by atoms with van der Waals surface area (Å²) in [6.45, 7) is 3.48. The van der Waals surface area contributed by atoms with Gasteiger partial charge in [-0.1, -0.05) is 78.3 Å². The Balaban J connectivity index is 1.47. The van der Waals surface area contributed by atoms with Gasteiger partial charge in [0.15, 0.2) is 0 Å². The number of halogens is 1. The Morgan fingerprint density at radius 3 is 2.55 bits per heavy atom. The van der Waals surface area contributed by atoms with Gasteiger partial charge in [-0.2, -0.15) is 0 Å². The molecule has 0 aliphatic rings. The summed E-state index contributed by atoms with van der Waals surface area (Å²) in [5.74, 6) is 0.112. The average Bonchev–Trinajstić information content (AvgIpc) is 2.77. The van der Waals surface area contributed by atoms with E-state index in [1.54, 1.807) is 13.8 Å². The van der Waals surface area contributed by atoms with Crippen LogP contribution in [-0.2, 0) is 23.2 Å². The smallest absolute Gasteiger partial charge is 0.141 e. The largest absolute Gasteiger partial charge is 0.386 e. The van der Waals surface area contributed by atoms with Crippen LogP contribution in [0.25, 0.3) is 23.1 Å². The molecule has 1 N–H and O–H groups in total. The minimum atomic E-state index is -0.982. The van der Waals surface area contributed by atoms with E-state index >= 15 is 0 Å². The first kappa shape index (κ1) is 22.9. The molecule has 4 rings (SSSR count).